The number of aromatic nitrogens is 10. The maximum absolute atomic E-state index is 6.26. The molecule has 0 unspecified atom stereocenters. The third-order valence-corrected chi connectivity index (χ3v) is 24.6. The van der Waals surface area contributed by atoms with Crippen LogP contribution in [-0.4, -0.2) is 48.6 Å². The van der Waals surface area contributed by atoms with E-state index in [-0.39, 0.29) is 0 Å². The second-order valence-electron chi connectivity index (χ2n) is 30.6. The fraction of sp³-hybridized carbons (Fsp3) is 0. The lowest BCUT2D eigenvalue weighted by atomic mass is 10.1. The first kappa shape index (κ1) is 69.9. The molecule has 0 radical (unpaired) electrons. The van der Waals surface area contributed by atoms with Crippen LogP contribution in [0.25, 0.3) is 237 Å². The van der Waals surface area contributed by atoms with Gasteiger partial charge in [0, 0.05) is 130 Å². The summed E-state index contributed by atoms with van der Waals surface area (Å²) in [6.07, 6.45) is 0. The molecule has 13 heteroatoms. The van der Waals surface area contributed by atoms with E-state index in [1.54, 1.807) is 0 Å². The molecule has 0 amide bonds. The molecular weight excluding hydrogens is 1510 g/mol. The van der Waals surface area contributed by atoms with Crippen molar-refractivity contribution in [3.05, 3.63) is 400 Å². The lowest BCUT2D eigenvalue weighted by molar-refractivity contribution is 0.669. The summed E-state index contributed by atoms with van der Waals surface area (Å²) in [6.45, 7) is 0. The highest BCUT2D eigenvalue weighted by Gasteiger charge is 2.24. The van der Waals surface area contributed by atoms with Gasteiger partial charge in [-0.1, -0.05) is 291 Å². The van der Waals surface area contributed by atoms with Crippen molar-refractivity contribution in [1.29, 1.82) is 0 Å². The maximum atomic E-state index is 6.26. The summed E-state index contributed by atoms with van der Waals surface area (Å²) in [7, 11) is 0. The van der Waals surface area contributed by atoms with Crippen molar-refractivity contribution >= 4 is 163 Å². The highest BCUT2D eigenvalue weighted by atomic mass is 32.1. The Hall–Kier alpha value is -16.4. The van der Waals surface area contributed by atoms with E-state index < -0.39 is 0 Å². The zero-order chi connectivity index (χ0) is 80.3. The number of furan rings is 2. The molecule has 0 spiro atoms. The average molecular weight is 1580 g/mol. The third kappa shape index (κ3) is 11.8. The summed E-state index contributed by atoms with van der Waals surface area (Å²) in [5, 5.41) is 16.2. The van der Waals surface area contributed by atoms with Crippen LogP contribution in [0.2, 0.25) is 0 Å². The molecule has 0 aliphatic rings. The minimum atomic E-state index is 0.580. The van der Waals surface area contributed by atoms with Gasteiger partial charge in [0.1, 0.15) is 22.3 Å². The van der Waals surface area contributed by atoms with Gasteiger partial charge in [0.25, 0.3) is 0 Å². The predicted molar refractivity (Wildman–Crippen MR) is 502 cm³/mol. The van der Waals surface area contributed by atoms with Crippen LogP contribution in [0.4, 0.5) is 0 Å². The molecule has 9 heterocycles. The summed E-state index contributed by atoms with van der Waals surface area (Å²) >= 11 is 1.86. The number of para-hydroxylation sites is 7. The first-order valence-corrected chi connectivity index (χ1v) is 41.6. The fourth-order valence-corrected chi connectivity index (χ4v) is 19.0. The lowest BCUT2D eigenvalue weighted by Crippen LogP contribution is -2.06. The van der Waals surface area contributed by atoms with Crippen LogP contribution in [0.3, 0.4) is 0 Å². The Morgan fingerprint density at radius 3 is 1.02 bits per heavy atom. The van der Waals surface area contributed by atoms with Crippen molar-refractivity contribution in [2.45, 2.75) is 0 Å². The van der Waals surface area contributed by atoms with E-state index in [2.05, 4.69) is 287 Å². The van der Waals surface area contributed by atoms with E-state index in [4.69, 9.17) is 43.7 Å². The quantitative estimate of drug-likeness (QED) is 0.139. The molecule has 122 heavy (non-hydrogen) atoms. The van der Waals surface area contributed by atoms with Crippen LogP contribution in [-0.2, 0) is 0 Å². The number of hydrogen-bond donors (Lipinski definition) is 0. The van der Waals surface area contributed by atoms with Gasteiger partial charge < -0.3 is 18.0 Å². The topological polar surface area (TPSA) is 131 Å². The van der Waals surface area contributed by atoms with Crippen molar-refractivity contribution < 1.29 is 8.83 Å². The number of fused-ring (bicyclic) bond motifs is 20. The SMILES string of the molecule is c1ccc(-c2nc(-c3cccc(-n4c5ccccc5c5cc6oc7ccccc7c6cc54)c3)nc3ccccc23)cc1.c1ccc(-c2nc(-c3cccc(-n4c5ccccc5c5cc6sc7ccccc7c6cc54)c3)nc3ccccc23)cc1.c1ccc(-c2nc(-c3ccccc3)nc(-n3c4ccccc4c4cc5oc6ccccc6c5cc43)n2)cc1. The Morgan fingerprint density at radius 1 is 0.189 bits per heavy atom. The van der Waals surface area contributed by atoms with Gasteiger partial charge in [-0.15, -0.1) is 11.3 Å². The van der Waals surface area contributed by atoms with Crippen molar-refractivity contribution in [3.63, 3.8) is 0 Å². The van der Waals surface area contributed by atoms with Crippen molar-refractivity contribution in [2.24, 2.45) is 0 Å². The van der Waals surface area contributed by atoms with Crippen LogP contribution in [0.5, 0.6) is 0 Å². The fourth-order valence-electron chi connectivity index (χ4n) is 17.8. The molecule has 0 atom stereocenters. The second-order valence-corrected chi connectivity index (χ2v) is 31.7. The van der Waals surface area contributed by atoms with Gasteiger partial charge in [-0.2, -0.15) is 9.97 Å². The highest BCUT2D eigenvalue weighted by molar-refractivity contribution is 7.25. The largest absolute Gasteiger partial charge is 0.456 e. The standard InChI is InChI=1S/C38H23N3O.C38H23N3S.C33H20N4O/c2*1-2-11-24(12-3-1)37-29-17-4-7-18-32(29)39-38(40-37)25-13-10-14-26(21-25)41-33-19-8-5-15-27(33)30-23-36-31(22-34(30)41)28-16-6-9-20-35(28)42-36;1-3-11-21(12-4-1)31-34-32(22-13-5-2-6-14-22)36-33(35-31)37-27-17-9-7-15-23(27)25-20-30-26(19-28(25)37)24-16-8-10-18-29(24)38-30/h2*1-23H;1-20H. The van der Waals surface area contributed by atoms with E-state index >= 15 is 0 Å². The Bertz CT molecular complexity index is 8260. The minimum absolute atomic E-state index is 0.580. The summed E-state index contributed by atoms with van der Waals surface area (Å²) in [5.41, 5.74) is 22.2. The van der Waals surface area contributed by atoms with Gasteiger partial charge in [-0.3, -0.25) is 4.57 Å². The van der Waals surface area contributed by atoms with Crippen LogP contribution in [0, 0.1) is 0 Å². The van der Waals surface area contributed by atoms with E-state index in [1.807, 2.05) is 139 Å². The summed E-state index contributed by atoms with van der Waals surface area (Å²) in [5.74, 6) is 3.28. The van der Waals surface area contributed by atoms with Gasteiger partial charge in [0.15, 0.2) is 23.3 Å². The van der Waals surface area contributed by atoms with Gasteiger partial charge in [-0.05, 0) is 109 Å². The number of rotatable bonds is 9. The molecule has 12 nitrogen and oxygen atoms in total. The Labute approximate surface area is 701 Å². The molecule has 26 rings (SSSR count). The highest BCUT2D eigenvalue weighted by Crippen LogP contribution is 2.45. The van der Waals surface area contributed by atoms with Gasteiger partial charge in [0.2, 0.25) is 5.95 Å². The normalized spacial score (nSPS) is 11.8. The summed E-state index contributed by atoms with van der Waals surface area (Å²) < 4.78 is 22.0. The van der Waals surface area contributed by atoms with Crippen LogP contribution < -0.4 is 0 Å². The number of nitrogens with zero attached hydrogens (tertiary/aromatic N) is 10. The van der Waals surface area contributed by atoms with Crippen molar-refractivity contribution in [2.75, 3.05) is 0 Å². The first-order valence-electron chi connectivity index (χ1n) is 40.7. The van der Waals surface area contributed by atoms with Crippen molar-refractivity contribution in [3.8, 4) is 85.4 Å². The molecule has 570 valence electrons. The Balaban J connectivity index is 0.000000104. The van der Waals surface area contributed by atoms with E-state index in [9.17, 15) is 0 Å². The smallest absolute Gasteiger partial charge is 0.238 e. The van der Waals surface area contributed by atoms with Gasteiger partial charge >= 0.3 is 0 Å². The average Bonchev–Trinajstić information content (AvgIpc) is 1.57. The molecule has 0 saturated carbocycles. The van der Waals surface area contributed by atoms with E-state index in [0.29, 0.717) is 23.4 Å². The molecule has 0 N–H and O–H groups in total. The monoisotopic (exact) mass is 1580 g/mol. The van der Waals surface area contributed by atoms with Crippen LogP contribution in [0.15, 0.2) is 409 Å². The number of hydrogen-bond acceptors (Lipinski definition) is 10. The van der Waals surface area contributed by atoms with Crippen LogP contribution >= 0.6 is 11.3 Å². The molecule has 0 aliphatic carbocycles. The molecule has 0 saturated heterocycles. The molecule has 0 bridgehead atoms. The predicted octanol–water partition coefficient (Wildman–Crippen LogP) is 28.6. The first-order chi connectivity index (χ1) is 60.5. The molecule has 17 aromatic carbocycles. The van der Waals surface area contributed by atoms with Gasteiger partial charge in [0.05, 0.1) is 55.5 Å². The summed E-state index contributed by atoms with van der Waals surface area (Å²) in [6, 6.07) is 139. The lowest BCUT2D eigenvalue weighted by Gasteiger charge is -2.12. The van der Waals surface area contributed by atoms with Gasteiger partial charge in [-0.25, -0.2) is 24.9 Å². The number of thiophene rings is 1. The molecule has 9 aromatic heterocycles. The van der Waals surface area contributed by atoms with Crippen molar-refractivity contribution in [1.82, 2.24) is 48.6 Å². The minimum Gasteiger partial charge on any atom is -0.456 e. The molecule has 0 fully saturated rings. The van der Waals surface area contributed by atoms with Crippen LogP contribution in [0.1, 0.15) is 0 Å². The van der Waals surface area contributed by atoms with E-state index in [1.165, 1.54) is 47.4 Å². The Morgan fingerprint density at radius 2 is 0.541 bits per heavy atom. The molecule has 26 aromatic rings. The molecule has 0 aliphatic heterocycles. The second kappa shape index (κ2) is 28.8. The molecular formula is C109H66N10O2S. The maximum Gasteiger partial charge on any atom is 0.238 e. The number of benzene rings is 17. The summed E-state index contributed by atoms with van der Waals surface area (Å²) in [4.78, 5) is 35.2. The van der Waals surface area contributed by atoms with E-state index in [0.717, 1.165) is 166 Å². The zero-order valence-corrected chi connectivity index (χ0v) is 66.1. The third-order valence-electron chi connectivity index (χ3n) is 23.4. The Kier molecular flexibility index (Phi) is 16.5. The zero-order valence-electron chi connectivity index (χ0n) is 65.3.